The van der Waals surface area contributed by atoms with E-state index in [0.29, 0.717) is 0 Å². The zero-order valence-corrected chi connectivity index (χ0v) is 15.0. The Hall–Kier alpha value is -3.18. The number of aromatic nitrogens is 2. The number of benzene rings is 2. The molecule has 2 heterocycles. The van der Waals surface area contributed by atoms with Crippen LogP contribution in [-0.2, 0) is 4.79 Å². The Kier molecular flexibility index (Phi) is 4.37. The fraction of sp³-hybridized carbons (Fsp3) is 0.0476. The summed E-state index contributed by atoms with van der Waals surface area (Å²) in [6, 6.07) is 14.2. The lowest BCUT2D eigenvalue weighted by Crippen LogP contribution is -2.09. The van der Waals surface area contributed by atoms with Gasteiger partial charge in [0.05, 0.1) is 0 Å². The Labute approximate surface area is 155 Å². The molecule has 1 amide bonds. The third kappa shape index (κ3) is 3.17. The van der Waals surface area contributed by atoms with Crippen LogP contribution in [0.25, 0.3) is 28.1 Å². The minimum Gasteiger partial charge on any atom is -0.361 e. The Morgan fingerprint density at radius 3 is 2.85 bits per heavy atom. The highest BCUT2D eigenvalue weighted by atomic mass is 32.1. The first kappa shape index (κ1) is 16.3. The van der Waals surface area contributed by atoms with Gasteiger partial charge in [0.2, 0.25) is 5.91 Å². The number of amides is 1. The average Bonchev–Trinajstić information content (AvgIpc) is 3.33. The summed E-state index contributed by atoms with van der Waals surface area (Å²) in [5.74, 6) is -0.166. The van der Waals surface area contributed by atoms with Crippen LogP contribution in [-0.4, -0.2) is 15.9 Å². The molecule has 2 aromatic carbocycles. The average molecular weight is 359 g/mol. The van der Waals surface area contributed by atoms with Crippen molar-refractivity contribution < 1.29 is 4.79 Å². The molecule has 4 nitrogen and oxygen atoms in total. The molecule has 0 bridgehead atoms. The van der Waals surface area contributed by atoms with Gasteiger partial charge in [0, 0.05) is 40.4 Å². The molecule has 4 rings (SSSR count). The second-order valence-corrected chi connectivity index (χ2v) is 6.84. The number of anilines is 1. The SMILES string of the molecule is Cc1c(NC(=O)/C=C/c2nccs2)cccc1-c1cccc2[nH]ccc12. The highest BCUT2D eigenvalue weighted by Gasteiger charge is 2.10. The summed E-state index contributed by atoms with van der Waals surface area (Å²) in [5, 5.41) is 6.83. The fourth-order valence-corrected chi connectivity index (χ4v) is 3.55. The normalized spacial score (nSPS) is 11.3. The first-order chi connectivity index (χ1) is 12.7. The van der Waals surface area contributed by atoms with E-state index in [2.05, 4.69) is 39.6 Å². The minimum absolute atomic E-state index is 0.166. The number of aromatic amines is 1. The molecule has 2 aromatic heterocycles. The van der Waals surface area contributed by atoms with Gasteiger partial charge in [-0.15, -0.1) is 11.3 Å². The zero-order valence-electron chi connectivity index (χ0n) is 14.2. The molecule has 0 spiro atoms. The number of thiazole rings is 1. The van der Waals surface area contributed by atoms with Crippen LogP contribution in [0.15, 0.2) is 66.3 Å². The lowest BCUT2D eigenvalue weighted by molar-refractivity contribution is -0.111. The van der Waals surface area contributed by atoms with Gasteiger partial charge in [0.1, 0.15) is 5.01 Å². The monoisotopic (exact) mass is 359 g/mol. The van der Waals surface area contributed by atoms with E-state index in [1.165, 1.54) is 22.8 Å². The number of carbonyl (C=O) groups excluding carboxylic acids is 1. The summed E-state index contributed by atoms with van der Waals surface area (Å²) >= 11 is 1.50. The standard InChI is InChI=1S/C21H17N3OS/c1-14-15(16-5-3-7-19-17(16)10-11-22-19)4-2-6-18(14)24-20(25)8-9-21-23-12-13-26-21/h2-13,22H,1H3,(H,24,25)/b9-8+. The predicted molar refractivity (Wildman–Crippen MR) is 108 cm³/mol. The molecule has 0 aliphatic rings. The van der Waals surface area contributed by atoms with Gasteiger partial charge in [0.15, 0.2) is 0 Å². The first-order valence-electron chi connectivity index (χ1n) is 8.27. The Morgan fingerprint density at radius 1 is 1.15 bits per heavy atom. The summed E-state index contributed by atoms with van der Waals surface area (Å²) in [6.45, 7) is 2.03. The lowest BCUT2D eigenvalue weighted by Gasteiger charge is -2.13. The highest BCUT2D eigenvalue weighted by molar-refractivity contribution is 7.10. The fourth-order valence-electron chi connectivity index (χ4n) is 3.02. The summed E-state index contributed by atoms with van der Waals surface area (Å²) < 4.78 is 0. The summed E-state index contributed by atoms with van der Waals surface area (Å²) in [7, 11) is 0. The van der Waals surface area contributed by atoms with Crippen LogP contribution < -0.4 is 5.32 Å². The maximum atomic E-state index is 12.3. The van der Waals surface area contributed by atoms with Crippen LogP contribution >= 0.6 is 11.3 Å². The van der Waals surface area contributed by atoms with Crippen LogP contribution in [0.3, 0.4) is 0 Å². The molecule has 0 aliphatic heterocycles. The molecule has 0 fully saturated rings. The Balaban J connectivity index is 1.64. The highest BCUT2D eigenvalue weighted by Crippen LogP contribution is 2.33. The van der Waals surface area contributed by atoms with Crippen molar-refractivity contribution in [3.8, 4) is 11.1 Å². The van der Waals surface area contributed by atoms with E-state index < -0.39 is 0 Å². The van der Waals surface area contributed by atoms with Crippen LogP contribution in [0.2, 0.25) is 0 Å². The molecule has 0 aliphatic carbocycles. The molecule has 4 aromatic rings. The Morgan fingerprint density at radius 2 is 2.00 bits per heavy atom. The van der Waals surface area contributed by atoms with Gasteiger partial charge in [-0.25, -0.2) is 4.98 Å². The number of hydrogen-bond acceptors (Lipinski definition) is 3. The van der Waals surface area contributed by atoms with Gasteiger partial charge in [-0.2, -0.15) is 0 Å². The van der Waals surface area contributed by atoms with Crippen molar-refractivity contribution >= 4 is 39.9 Å². The molecule has 26 heavy (non-hydrogen) atoms. The van der Waals surface area contributed by atoms with Crippen LogP contribution in [0.5, 0.6) is 0 Å². The molecule has 5 heteroatoms. The second-order valence-electron chi connectivity index (χ2n) is 5.92. The van der Waals surface area contributed by atoms with E-state index in [9.17, 15) is 4.79 Å². The van der Waals surface area contributed by atoms with E-state index in [-0.39, 0.29) is 5.91 Å². The van der Waals surface area contributed by atoms with Crippen LogP contribution in [0.4, 0.5) is 5.69 Å². The van der Waals surface area contributed by atoms with Crippen molar-refractivity contribution in [1.82, 2.24) is 9.97 Å². The molecule has 0 saturated carbocycles. The predicted octanol–water partition coefficient (Wildman–Crippen LogP) is 5.25. The smallest absolute Gasteiger partial charge is 0.248 e. The molecule has 0 saturated heterocycles. The lowest BCUT2D eigenvalue weighted by atomic mass is 9.96. The molecule has 0 atom stereocenters. The molecular formula is C21H17N3OS. The molecule has 2 N–H and O–H groups in total. The number of nitrogens with zero attached hydrogens (tertiary/aromatic N) is 1. The van der Waals surface area contributed by atoms with Crippen molar-refractivity contribution in [2.75, 3.05) is 5.32 Å². The number of H-pyrrole nitrogens is 1. The number of carbonyl (C=O) groups is 1. The quantitative estimate of drug-likeness (QED) is 0.489. The number of fused-ring (bicyclic) bond motifs is 1. The number of nitrogens with one attached hydrogen (secondary N) is 2. The van der Waals surface area contributed by atoms with E-state index >= 15 is 0 Å². The Bertz CT molecular complexity index is 1090. The summed E-state index contributed by atoms with van der Waals surface area (Å²) in [6.07, 6.45) is 6.90. The van der Waals surface area contributed by atoms with Crippen molar-refractivity contribution in [1.29, 1.82) is 0 Å². The van der Waals surface area contributed by atoms with Crippen molar-refractivity contribution in [2.45, 2.75) is 6.92 Å². The van der Waals surface area contributed by atoms with Gasteiger partial charge in [-0.05, 0) is 47.9 Å². The van der Waals surface area contributed by atoms with Crippen LogP contribution in [0.1, 0.15) is 10.6 Å². The van der Waals surface area contributed by atoms with Gasteiger partial charge in [0.25, 0.3) is 0 Å². The maximum absolute atomic E-state index is 12.3. The van der Waals surface area contributed by atoms with E-state index in [4.69, 9.17) is 0 Å². The van der Waals surface area contributed by atoms with Crippen molar-refractivity contribution in [3.05, 3.63) is 76.9 Å². The summed E-state index contributed by atoms with van der Waals surface area (Å²) in [5.41, 5.74) is 5.20. The summed E-state index contributed by atoms with van der Waals surface area (Å²) in [4.78, 5) is 19.6. The maximum Gasteiger partial charge on any atom is 0.248 e. The first-order valence-corrected chi connectivity index (χ1v) is 9.15. The third-order valence-corrected chi connectivity index (χ3v) is 5.05. The van der Waals surface area contributed by atoms with Gasteiger partial charge < -0.3 is 10.3 Å². The zero-order chi connectivity index (χ0) is 17.9. The number of rotatable bonds is 4. The van der Waals surface area contributed by atoms with Gasteiger partial charge in [-0.3, -0.25) is 4.79 Å². The minimum atomic E-state index is -0.166. The van der Waals surface area contributed by atoms with E-state index in [1.54, 1.807) is 12.3 Å². The third-order valence-electron chi connectivity index (χ3n) is 4.31. The largest absolute Gasteiger partial charge is 0.361 e. The molecule has 0 unspecified atom stereocenters. The van der Waals surface area contributed by atoms with Gasteiger partial charge >= 0.3 is 0 Å². The van der Waals surface area contributed by atoms with E-state index in [0.717, 1.165) is 32.9 Å². The molecule has 128 valence electrons. The van der Waals surface area contributed by atoms with Gasteiger partial charge in [-0.1, -0.05) is 24.3 Å². The second kappa shape index (κ2) is 6.98. The molecule has 0 radical (unpaired) electrons. The van der Waals surface area contributed by atoms with Crippen molar-refractivity contribution in [3.63, 3.8) is 0 Å². The molecular weight excluding hydrogens is 342 g/mol. The van der Waals surface area contributed by atoms with Crippen molar-refractivity contribution in [2.24, 2.45) is 0 Å². The van der Waals surface area contributed by atoms with E-state index in [1.807, 2.05) is 36.7 Å². The number of hydrogen-bond donors (Lipinski definition) is 2. The topological polar surface area (TPSA) is 57.8 Å². The van der Waals surface area contributed by atoms with Crippen LogP contribution in [0, 0.1) is 6.92 Å².